The van der Waals surface area contributed by atoms with E-state index in [-0.39, 0.29) is 17.8 Å². The van der Waals surface area contributed by atoms with E-state index < -0.39 is 6.04 Å². The summed E-state index contributed by atoms with van der Waals surface area (Å²) in [5, 5.41) is 18.5. The smallest absolute Gasteiger partial charge is 0.273 e. The number of hydrogen-bond donors (Lipinski definition) is 2. The van der Waals surface area contributed by atoms with Crippen LogP contribution in [0.15, 0.2) is 60.7 Å². The van der Waals surface area contributed by atoms with Crippen molar-refractivity contribution in [1.29, 1.82) is 0 Å². The molecule has 0 saturated carbocycles. The van der Waals surface area contributed by atoms with Crippen molar-refractivity contribution in [3.63, 3.8) is 0 Å². The van der Waals surface area contributed by atoms with Gasteiger partial charge in [-0.1, -0.05) is 42.5 Å². The number of amides is 1. The third-order valence-electron chi connectivity index (χ3n) is 7.30. The standard InChI is InChI=1S/C33H37N3O5/c1-20(2)40-15-9-14-36-31(24-12-13-26(27(18-24)39-5)41-19-23-10-7-6-8-11-23)28-29(34-35-30(28)33(36)38)25-17-21(3)16-22(4)32(25)37/h6-8,10-13,16-18,20,31,37H,9,14-15,19H2,1-5H3,(H,34,35). The first-order chi connectivity index (χ1) is 19.8. The molecular weight excluding hydrogens is 518 g/mol. The Labute approximate surface area is 240 Å². The number of ether oxygens (including phenoxy) is 3. The molecule has 8 nitrogen and oxygen atoms in total. The number of methoxy groups -OCH3 is 1. The summed E-state index contributed by atoms with van der Waals surface area (Å²) in [7, 11) is 1.61. The number of carbonyl (C=O) groups is 1. The highest BCUT2D eigenvalue weighted by atomic mass is 16.5. The van der Waals surface area contributed by atoms with Crippen molar-refractivity contribution in [3.8, 4) is 28.5 Å². The van der Waals surface area contributed by atoms with Crippen molar-refractivity contribution in [1.82, 2.24) is 15.1 Å². The maximum absolute atomic E-state index is 13.7. The fraction of sp³-hybridized carbons (Fsp3) is 0.333. The van der Waals surface area contributed by atoms with Crippen molar-refractivity contribution in [2.75, 3.05) is 20.3 Å². The van der Waals surface area contributed by atoms with E-state index in [1.807, 2.05) is 93.3 Å². The molecule has 0 radical (unpaired) electrons. The average Bonchev–Trinajstić information content (AvgIpc) is 3.50. The van der Waals surface area contributed by atoms with Gasteiger partial charge in [-0.2, -0.15) is 5.10 Å². The molecule has 1 amide bonds. The molecule has 1 unspecified atom stereocenters. The van der Waals surface area contributed by atoms with Crippen molar-refractivity contribution < 1.29 is 24.1 Å². The van der Waals surface area contributed by atoms with Crippen molar-refractivity contribution in [2.45, 2.75) is 52.9 Å². The molecule has 2 N–H and O–H groups in total. The van der Waals surface area contributed by atoms with E-state index in [4.69, 9.17) is 14.2 Å². The minimum atomic E-state index is -0.442. The summed E-state index contributed by atoms with van der Waals surface area (Å²) in [6, 6.07) is 19.1. The fourth-order valence-corrected chi connectivity index (χ4v) is 5.38. The number of aromatic hydroxyl groups is 1. The Morgan fingerprint density at radius 1 is 1.05 bits per heavy atom. The maximum atomic E-state index is 13.7. The lowest BCUT2D eigenvalue weighted by Crippen LogP contribution is -2.31. The van der Waals surface area contributed by atoms with E-state index in [9.17, 15) is 9.90 Å². The van der Waals surface area contributed by atoms with Crippen molar-refractivity contribution in [2.24, 2.45) is 0 Å². The van der Waals surface area contributed by atoms with Crippen LogP contribution in [-0.4, -0.2) is 52.5 Å². The highest BCUT2D eigenvalue weighted by molar-refractivity contribution is 6.00. The van der Waals surface area contributed by atoms with Gasteiger partial charge in [-0.25, -0.2) is 0 Å². The van der Waals surface area contributed by atoms with Gasteiger partial charge in [-0.05, 0) is 74.6 Å². The second-order valence-electron chi connectivity index (χ2n) is 10.7. The Bertz CT molecular complexity index is 1530. The highest BCUT2D eigenvalue weighted by Gasteiger charge is 2.42. The molecular formula is C33H37N3O5. The molecule has 1 aliphatic heterocycles. The Balaban J connectivity index is 1.54. The predicted octanol–water partition coefficient (Wildman–Crippen LogP) is 6.35. The van der Waals surface area contributed by atoms with Gasteiger partial charge < -0.3 is 24.2 Å². The zero-order valence-corrected chi connectivity index (χ0v) is 24.2. The molecule has 0 aliphatic carbocycles. The zero-order chi connectivity index (χ0) is 29.1. The van der Waals surface area contributed by atoms with E-state index >= 15 is 0 Å². The number of benzene rings is 3. The lowest BCUT2D eigenvalue weighted by atomic mass is 9.94. The van der Waals surface area contributed by atoms with Crippen molar-refractivity contribution >= 4 is 5.91 Å². The number of phenolic OH excluding ortho intramolecular Hbond substituents is 1. The lowest BCUT2D eigenvalue weighted by Gasteiger charge is -2.27. The van der Waals surface area contributed by atoms with Crippen LogP contribution in [0.4, 0.5) is 0 Å². The van der Waals surface area contributed by atoms with Gasteiger partial charge in [-0.3, -0.25) is 9.89 Å². The van der Waals surface area contributed by atoms with Crippen LogP contribution in [-0.2, 0) is 11.3 Å². The summed E-state index contributed by atoms with van der Waals surface area (Å²) in [6.45, 7) is 9.27. The van der Waals surface area contributed by atoms with Gasteiger partial charge in [0.1, 0.15) is 23.7 Å². The number of phenols is 1. The average molecular weight is 556 g/mol. The number of aromatic amines is 1. The number of hydrogen-bond acceptors (Lipinski definition) is 6. The summed E-state index contributed by atoms with van der Waals surface area (Å²) < 4.78 is 17.6. The molecule has 1 atom stereocenters. The van der Waals surface area contributed by atoms with Gasteiger partial charge in [0, 0.05) is 24.3 Å². The molecule has 2 heterocycles. The lowest BCUT2D eigenvalue weighted by molar-refractivity contribution is 0.0601. The second-order valence-corrected chi connectivity index (χ2v) is 10.7. The molecule has 0 saturated heterocycles. The van der Waals surface area contributed by atoms with E-state index in [0.717, 1.165) is 27.8 Å². The molecule has 1 aliphatic rings. The molecule has 4 aromatic rings. The number of rotatable bonds is 11. The fourth-order valence-electron chi connectivity index (χ4n) is 5.38. The normalized spacial score (nSPS) is 14.5. The van der Waals surface area contributed by atoms with Gasteiger partial charge in [0.15, 0.2) is 11.5 Å². The molecule has 3 aromatic carbocycles. The molecule has 41 heavy (non-hydrogen) atoms. The van der Waals surface area contributed by atoms with Crippen LogP contribution in [0.3, 0.4) is 0 Å². The van der Waals surface area contributed by atoms with Crippen LogP contribution in [0.1, 0.15) is 64.6 Å². The number of nitrogens with one attached hydrogen (secondary N) is 1. The second kappa shape index (κ2) is 12.1. The number of nitrogens with zero attached hydrogens (tertiary/aromatic N) is 2. The predicted molar refractivity (Wildman–Crippen MR) is 158 cm³/mol. The number of H-pyrrole nitrogens is 1. The van der Waals surface area contributed by atoms with E-state index in [2.05, 4.69) is 10.2 Å². The van der Waals surface area contributed by atoms with Crippen LogP contribution >= 0.6 is 0 Å². The number of aryl methyl sites for hydroxylation is 2. The molecule has 0 fully saturated rings. The van der Waals surface area contributed by atoms with Crippen LogP contribution in [0.5, 0.6) is 17.2 Å². The SMILES string of the molecule is COc1cc(C2c3c(-c4cc(C)cc(C)c4O)n[nH]c3C(=O)N2CCCOC(C)C)ccc1OCc1ccccc1. The number of carbonyl (C=O) groups excluding carboxylic acids is 1. The van der Waals surface area contributed by atoms with Crippen LogP contribution in [0.25, 0.3) is 11.3 Å². The van der Waals surface area contributed by atoms with Crippen LogP contribution in [0, 0.1) is 13.8 Å². The third kappa shape index (κ3) is 5.79. The largest absolute Gasteiger partial charge is 0.507 e. The van der Waals surface area contributed by atoms with Crippen LogP contribution in [0.2, 0.25) is 0 Å². The topological polar surface area (TPSA) is 96.9 Å². The molecule has 0 spiro atoms. The van der Waals surface area contributed by atoms with E-state index in [1.54, 1.807) is 7.11 Å². The summed E-state index contributed by atoms with van der Waals surface area (Å²) >= 11 is 0. The van der Waals surface area contributed by atoms with E-state index in [0.29, 0.717) is 54.6 Å². The van der Waals surface area contributed by atoms with Gasteiger partial charge in [0.25, 0.3) is 5.91 Å². The third-order valence-corrected chi connectivity index (χ3v) is 7.30. The first kappa shape index (κ1) is 28.2. The monoisotopic (exact) mass is 555 g/mol. The Morgan fingerprint density at radius 3 is 2.56 bits per heavy atom. The maximum Gasteiger partial charge on any atom is 0.273 e. The number of aromatic nitrogens is 2. The van der Waals surface area contributed by atoms with E-state index in [1.165, 1.54) is 0 Å². The Kier molecular flexibility index (Phi) is 8.31. The van der Waals surface area contributed by atoms with Gasteiger partial charge >= 0.3 is 0 Å². The minimum absolute atomic E-state index is 0.115. The quantitative estimate of drug-likeness (QED) is 0.210. The van der Waals surface area contributed by atoms with Gasteiger partial charge in [0.2, 0.25) is 0 Å². The highest BCUT2D eigenvalue weighted by Crippen LogP contribution is 2.46. The Hall–Kier alpha value is -4.30. The van der Waals surface area contributed by atoms with Crippen molar-refractivity contribution in [3.05, 3.63) is 94.2 Å². The summed E-state index contributed by atoms with van der Waals surface area (Å²) in [6.07, 6.45) is 0.793. The molecule has 1 aromatic heterocycles. The van der Waals surface area contributed by atoms with Crippen LogP contribution < -0.4 is 9.47 Å². The molecule has 8 heteroatoms. The number of fused-ring (bicyclic) bond motifs is 1. The Morgan fingerprint density at radius 2 is 1.83 bits per heavy atom. The van der Waals surface area contributed by atoms with Gasteiger partial charge in [-0.15, -0.1) is 0 Å². The molecule has 5 rings (SSSR count). The first-order valence-electron chi connectivity index (χ1n) is 13.9. The zero-order valence-electron chi connectivity index (χ0n) is 24.2. The summed E-state index contributed by atoms with van der Waals surface area (Å²) in [5.41, 5.74) is 5.98. The van der Waals surface area contributed by atoms with Gasteiger partial charge in [0.05, 0.1) is 19.3 Å². The minimum Gasteiger partial charge on any atom is -0.507 e. The summed E-state index contributed by atoms with van der Waals surface area (Å²) in [4.78, 5) is 15.6. The summed E-state index contributed by atoms with van der Waals surface area (Å²) in [5.74, 6) is 1.20. The molecule has 0 bridgehead atoms. The first-order valence-corrected chi connectivity index (χ1v) is 13.9. The molecule has 214 valence electrons.